The van der Waals surface area contributed by atoms with E-state index in [9.17, 15) is 9.59 Å². The van der Waals surface area contributed by atoms with Gasteiger partial charge in [0.05, 0.1) is 30.8 Å². The lowest BCUT2D eigenvalue weighted by molar-refractivity contribution is -0.123. The number of methoxy groups -OCH3 is 1. The summed E-state index contributed by atoms with van der Waals surface area (Å²) in [5, 5.41) is 5.77. The summed E-state index contributed by atoms with van der Waals surface area (Å²) in [6, 6.07) is 11.2. The number of carbonyl (C=O) groups excluding carboxylic acids is 2. The molecule has 2 heterocycles. The Bertz CT molecular complexity index is 1070. The number of rotatable bonds is 8. The van der Waals surface area contributed by atoms with Crippen LogP contribution in [-0.2, 0) is 19.1 Å². The lowest BCUT2D eigenvalue weighted by Gasteiger charge is -2.17. The number of nitrogens with zero attached hydrogens (tertiary/aromatic N) is 2. The molecule has 0 spiro atoms. The molecule has 3 rings (SSSR count). The van der Waals surface area contributed by atoms with Crippen molar-refractivity contribution in [3.05, 3.63) is 48.8 Å². The number of benzene rings is 1. The van der Waals surface area contributed by atoms with Crippen molar-refractivity contribution in [2.24, 2.45) is 5.41 Å². The molecule has 0 atom stereocenters. The van der Waals surface area contributed by atoms with E-state index in [1.54, 1.807) is 13.3 Å². The summed E-state index contributed by atoms with van der Waals surface area (Å²) in [6.07, 6.45) is 3.61. The van der Waals surface area contributed by atoms with Gasteiger partial charge in [0, 0.05) is 30.0 Å². The number of amides is 2. The molecular weight excluding hydrogens is 396 g/mol. The lowest BCUT2D eigenvalue weighted by Crippen LogP contribution is -2.27. The van der Waals surface area contributed by atoms with Gasteiger partial charge in [-0.05, 0) is 24.3 Å². The van der Waals surface area contributed by atoms with Crippen LogP contribution in [0.2, 0.25) is 0 Å². The van der Waals surface area contributed by atoms with Crippen molar-refractivity contribution >= 4 is 28.8 Å². The second kappa shape index (κ2) is 9.72. The van der Waals surface area contributed by atoms with E-state index in [-0.39, 0.29) is 18.4 Å². The maximum absolute atomic E-state index is 12.3. The highest BCUT2D eigenvalue weighted by Crippen LogP contribution is 2.26. The zero-order valence-electron chi connectivity index (χ0n) is 18.3. The van der Waals surface area contributed by atoms with Gasteiger partial charge in [-0.1, -0.05) is 32.9 Å². The summed E-state index contributed by atoms with van der Waals surface area (Å²) in [5.41, 5.74) is 3.32. The molecule has 0 saturated carbocycles. The van der Waals surface area contributed by atoms with Gasteiger partial charge in [0.15, 0.2) is 0 Å². The molecule has 31 heavy (non-hydrogen) atoms. The van der Waals surface area contributed by atoms with Crippen molar-refractivity contribution in [1.82, 2.24) is 9.38 Å². The maximum Gasteiger partial charge on any atom is 0.250 e. The number of ether oxygens (including phenoxy) is 2. The van der Waals surface area contributed by atoms with Crippen molar-refractivity contribution < 1.29 is 19.1 Å². The van der Waals surface area contributed by atoms with E-state index in [0.29, 0.717) is 24.6 Å². The van der Waals surface area contributed by atoms with Crippen LogP contribution < -0.4 is 10.6 Å². The molecule has 0 saturated heterocycles. The summed E-state index contributed by atoms with van der Waals surface area (Å²) in [6.45, 7) is 6.36. The van der Waals surface area contributed by atoms with Gasteiger partial charge in [-0.3, -0.25) is 14.0 Å². The van der Waals surface area contributed by atoms with Crippen molar-refractivity contribution in [1.29, 1.82) is 0 Å². The standard InChI is InChI=1S/C23H28N4O4/c1-23(2,3)22(29)26-18-8-9-20-24-13-19(27(20)14-18)16-6-5-7-17(12-16)25-21(28)15-31-11-10-30-4/h5-9,12-14H,10-11,15H2,1-4H3,(H,25,28)(H,26,29). The van der Waals surface area contributed by atoms with Crippen LogP contribution in [0.25, 0.3) is 16.9 Å². The Morgan fingerprint density at radius 2 is 1.87 bits per heavy atom. The van der Waals surface area contributed by atoms with Gasteiger partial charge in [-0.2, -0.15) is 0 Å². The Labute approximate surface area is 181 Å². The van der Waals surface area contributed by atoms with Gasteiger partial charge in [-0.15, -0.1) is 0 Å². The minimum absolute atomic E-state index is 0.0416. The Balaban J connectivity index is 1.78. The minimum atomic E-state index is -0.494. The summed E-state index contributed by atoms with van der Waals surface area (Å²) < 4.78 is 12.1. The first-order chi connectivity index (χ1) is 14.8. The quantitative estimate of drug-likeness (QED) is 0.539. The molecule has 3 aromatic rings. The third-order valence-corrected chi connectivity index (χ3v) is 4.55. The molecule has 0 aliphatic carbocycles. The van der Waals surface area contributed by atoms with Crippen LogP contribution in [0, 0.1) is 5.41 Å². The molecule has 0 radical (unpaired) electrons. The Morgan fingerprint density at radius 3 is 2.61 bits per heavy atom. The predicted octanol–water partition coefficient (Wildman–Crippen LogP) is 3.59. The molecule has 2 amide bonds. The topological polar surface area (TPSA) is 94.0 Å². The van der Waals surface area contributed by atoms with E-state index in [0.717, 1.165) is 16.9 Å². The average molecular weight is 425 g/mol. The second-order valence-corrected chi connectivity index (χ2v) is 8.17. The number of fused-ring (bicyclic) bond motifs is 1. The average Bonchev–Trinajstić information content (AvgIpc) is 3.14. The first-order valence-electron chi connectivity index (χ1n) is 10.0. The normalized spacial score (nSPS) is 11.5. The van der Waals surface area contributed by atoms with Crippen LogP contribution in [0.3, 0.4) is 0 Å². The SMILES string of the molecule is COCCOCC(=O)Nc1cccc(-c2cnc3ccc(NC(=O)C(C)(C)C)cn23)c1. The van der Waals surface area contributed by atoms with E-state index in [1.807, 2.05) is 67.8 Å². The second-order valence-electron chi connectivity index (χ2n) is 8.17. The number of hydrogen-bond acceptors (Lipinski definition) is 5. The number of hydrogen-bond donors (Lipinski definition) is 2. The number of nitrogens with one attached hydrogen (secondary N) is 2. The summed E-state index contributed by atoms with van der Waals surface area (Å²) >= 11 is 0. The lowest BCUT2D eigenvalue weighted by atomic mass is 9.96. The number of imidazole rings is 1. The highest BCUT2D eigenvalue weighted by molar-refractivity contribution is 5.94. The van der Waals surface area contributed by atoms with Crippen LogP contribution >= 0.6 is 0 Å². The fraction of sp³-hybridized carbons (Fsp3) is 0.348. The molecule has 8 nitrogen and oxygen atoms in total. The molecule has 8 heteroatoms. The third kappa shape index (κ3) is 5.90. The van der Waals surface area contributed by atoms with Crippen molar-refractivity contribution in [3.63, 3.8) is 0 Å². The van der Waals surface area contributed by atoms with Gasteiger partial charge in [0.2, 0.25) is 11.8 Å². The fourth-order valence-electron chi connectivity index (χ4n) is 2.85. The van der Waals surface area contributed by atoms with Gasteiger partial charge in [0.1, 0.15) is 12.3 Å². The van der Waals surface area contributed by atoms with Crippen molar-refractivity contribution in [3.8, 4) is 11.3 Å². The van der Waals surface area contributed by atoms with Crippen LogP contribution in [0.15, 0.2) is 48.8 Å². The van der Waals surface area contributed by atoms with E-state index < -0.39 is 5.41 Å². The minimum Gasteiger partial charge on any atom is -0.382 e. The van der Waals surface area contributed by atoms with Gasteiger partial charge < -0.3 is 20.1 Å². The van der Waals surface area contributed by atoms with Crippen LogP contribution in [0.4, 0.5) is 11.4 Å². The number of anilines is 2. The van der Waals surface area contributed by atoms with Crippen molar-refractivity contribution in [2.75, 3.05) is 37.6 Å². The van der Waals surface area contributed by atoms with E-state index in [1.165, 1.54) is 0 Å². The molecule has 2 N–H and O–H groups in total. The summed E-state index contributed by atoms with van der Waals surface area (Å²) in [4.78, 5) is 28.9. The Kier molecular flexibility index (Phi) is 7.04. The van der Waals surface area contributed by atoms with E-state index in [2.05, 4.69) is 15.6 Å². The Hall–Kier alpha value is -3.23. The largest absolute Gasteiger partial charge is 0.382 e. The molecular formula is C23H28N4O4. The molecule has 0 aliphatic rings. The van der Waals surface area contributed by atoms with Gasteiger partial charge in [0.25, 0.3) is 0 Å². The molecule has 0 bridgehead atoms. The third-order valence-electron chi connectivity index (χ3n) is 4.55. The first-order valence-corrected chi connectivity index (χ1v) is 10.0. The van der Waals surface area contributed by atoms with E-state index in [4.69, 9.17) is 9.47 Å². The zero-order valence-corrected chi connectivity index (χ0v) is 18.3. The molecule has 2 aromatic heterocycles. The number of aromatic nitrogens is 2. The number of carbonyl (C=O) groups is 2. The molecule has 0 fully saturated rings. The smallest absolute Gasteiger partial charge is 0.250 e. The van der Waals surface area contributed by atoms with Crippen LogP contribution in [0.1, 0.15) is 20.8 Å². The number of pyridine rings is 1. The van der Waals surface area contributed by atoms with Crippen LogP contribution in [-0.4, -0.2) is 48.1 Å². The first kappa shape index (κ1) is 22.5. The zero-order chi connectivity index (χ0) is 22.4. The van der Waals surface area contributed by atoms with Gasteiger partial charge in [-0.25, -0.2) is 4.98 Å². The summed E-state index contributed by atoms with van der Waals surface area (Å²) in [5.74, 6) is -0.301. The predicted molar refractivity (Wildman–Crippen MR) is 120 cm³/mol. The molecule has 164 valence electrons. The van der Waals surface area contributed by atoms with E-state index >= 15 is 0 Å². The fourth-order valence-corrected chi connectivity index (χ4v) is 2.85. The Morgan fingerprint density at radius 1 is 1.06 bits per heavy atom. The van der Waals surface area contributed by atoms with Gasteiger partial charge >= 0.3 is 0 Å². The molecule has 0 unspecified atom stereocenters. The highest BCUT2D eigenvalue weighted by Gasteiger charge is 2.21. The monoisotopic (exact) mass is 424 g/mol. The maximum atomic E-state index is 12.3. The van der Waals surface area contributed by atoms with Crippen LogP contribution in [0.5, 0.6) is 0 Å². The molecule has 0 aliphatic heterocycles. The molecule has 1 aromatic carbocycles. The van der Waals surface area contributed by atoms with Crippen molar-refractivity contribution in [2.45, 2.75) is 20.8 Å². The highest BCUT2D eigenvalue weighted by atomic mass is 16.5. The summed E-state index contributed by atoms with van der Waals surface area (Å²) in [7, 11) is 1.58.